The van der Waals surface area contributed by atoms with Gasteiger partial charge in [0.15, 0.2) is 0 Å². The molecule has 4 heterocycles. The number of hydrogen-bond acceptors (Lipinski definition) is 5. The maximum atomic E-state index is 13.4. The Bertz CT molecular complexity index is 1310. The third-order valence-corrected chi connectivity index (χ3v) is 8.35. The average molecular weight is 475 g/mol. The van der Waals surface area contributed by atoms with Crippen molar-refractivity contribution >= 4 is 37.8 Å². The molecule has 0 amide bonds. The molecule has 0 radical (unpaired) electrons. The van der Waals surface area contributed by atoms with E-state index >= 15 is 0 Å². The lowest BCUT2D eigenvalue weighted by Gasteiger charge is -2.28. The van der Waals surface area contributed by atoms with Crippen LogP contribution in [0.5, 0.6) is 0 Å². The normalized spacial score (nSPS) is 19.7. The summed E-state index contributed by atoms with van der Waals surface area (Å²) in [6.07, 6.45) is 6.15. The predicted octanol–water partition coefficient (Wildman–Crippen LogP) is 2.74. The van der Waals surface area contributed by atoms with Crippen LogP contribution in [0.2, 0.25) is 0 Å². The van der Waals surface area contributed by atoms with Crippen LogP contribution in [0.25, 0.3) is 21.8 Å². The number of carbonyl (C=O) groups is 1. The number of sulfonamides is 1. The highest BCUT2D eigenvalue weighted by molar-refractivity contribution is 7.89. The Balaban J connectivity index is 0.000000471. The van der Waals surface area contributed by atoms with Gasteiger partial charge in [0.05, 0.1) is 4.90 Å². The molecule has 9 nitrogen and oxygen atoms in total. The van der Waals surface area contributed by atoms with Crippen molar-refractivity contribution in [3.05, 3.63) is 40.8 Å². The molecule has 1 aromatic carbocycles. The molecule has 3 N–H and O–H groups in total. The number of nitrogens with zero attached hydrogens (tertiary/aromatic N) is 2. The average Bonchev–Trinajstić information content (AvgIpc) is 3.56. The van der Waals surface area contributed by atoms with E-state index in [2.05, 4.69) is 14.9 Å². The van der Waals surface area contributed by atoms with E-state index < -0.39 is 16.0 Å². The molecule has 3 aromatic rings. The minimum atomic E-state index is -3.58. The molecule has 33 heavy (non-hydrogen) atoms. The SMILES string of the molecule is CCC(=O)O.O=c1[nH]c2ccc(S(=O)(=O)N3CCC[C@H]3CN3CCCC3)cc2c2cc[nH]c12. The fourth-order valence-corrected chi connectivity index (χ4v) is 6.40. The van der Waals surface area contributed by atoms with Gasteiger partial charge in [-0.15, -0.1) is 0 Å². The molecule has 2 aliphatic rings. The van der Waals surface area contributed by atoms with Gasteiger partial charge in [-0.05, 0) is 63.0 Å². The van der Waals surface area contributed by atoms with Gasteiger partial charge in [0, 0.05) is 48.0 Å². The quantitative estimate of drug-likeness (QED) is 0.522. The minimum Gasteiger partial charge on any atom is -0.481 e. The van der Waals surface area contributed by atoms with E-state index in [4.69, 9.17) is 5.11 Å². The zero-order valence-electron chi connectivity index (χ0n) is 18.7. The van der Waals surface area contributed by atoms with Crippen LogP contribution in [0.3, 0.4) is 0 Å². The molecule has 0 bridgehead atoms. The van der Waals surface area contributed by atoms with Crippen molar-refractivity contribution in [2.75, 3.05) is 26.2 Å². The number of aromatic nitrogens is 2. The lowest BCUT2D eigenvalue weighted by molar-refractivity contribution is -0.136. The van der Waals surface area contributed by atoms with Crippen LogP contribution in [0.1, 0.15) is 39.0 Å². The van der Waals surface area contributed by atoms with Crippen LogP contribution >= 0.6 is 0 Å². The monoisotopic (exact) mass is 474 g/mol. The second-order valence-corrected chi connectivity index (χ2v) is 10.5. The zero-order chi connectivity index (χ0) is 23.6. The van der Waals surface area contributed by atoms with Gasteiger partial charge in [0.1, 0.15) is 5.52 Å². The fraction of sp³-hybridized carbons (Fsp3) is 0.478. The summed E-state index contributed by atoms with van der Waals surface area (Å²) in [5.41, 5.74) is 0.912. The number of fused-ring (bicyclic) bond motifs is 3. The molecule has 178 valence electrons. The first-order valence-electron chi connectivity index (χ1n) is 11.4. The lowest BCUT2D eigenvalue weighted by atomic mass is 10.1. The highest BCUT2D eigenvalue weighted by Crippen LogP contribution is 2.30. The number of nitrogens with one attached hydrogen (secondary N) is 2. The van der Waals surface area contributed by atoms with Crippen molar-refractivity contribution in [1.82, 2.24) is 19.2 Å². The van der Waals surface area contributed by atoms with E-state index in [9.17, 15) is 18.0 Å². The molecule has 0 aliphatic carbocycles. The number of carboxylic acids is 1. The number of H-pyrrole nitrogens is 2. The number of benzene rings is 1. The maximum Gasteiger partial charge on any atom is 0.303 e. The molecule has 5 rings (SSSR count). The second kappa shape index (κ2) is 9.66. The Labute approximate surface area is 192 Å². The number of rotatable bonds is 5. The van der Waals surface area contributed by atoms with Crippen molar-refractivity contribution < 1.29 is 18.3 Å². The van der Waals surface area contributed by atoms with Crippen LogP contribution in [-0.4, -0.2) is 70.9 Å². The number of carboxylic acid groups (broad SMARTS) is 1. The Morgan fingerprint density at radius 3 is 2.55 bits per heavy atom. The van der Waals surface area contributed by atoms with Crippen molar-refractivity contribution in [1.29, 1.82) is 0 Å². The lowest BCUT2D eigenvalue weighted by Crippen LogP contribution is -2.42. The van der Waals surface area contributed by atoms with Crippen LogP contribution in [0, 0.1) is 0 Å². The minimum absolute atomic E-state index is 0.0432. The smallest absolute Gasteiger partial charge is 0.303 e. The summed E-state index contributed by atoms with van der Waals surface area (Å²) in [5, 5.41) is 9.21. The summed E-state index contributed by atoms with van der Waals surface area (Å²) in [6, 6.07) is 6.86. The van der Waals surface area contributed by atoms with Gasteiger partial charge >= 0.3 is 5.97 Å². The number of aliphatic carboxylic acids is 1. The maximum absolute atomic E-state index is 13.4. The first-order valence-corrected chi connectivity index (χ1v) is 12.8. The Morgan fingerprint density at radius 2 is 1.85 bits per heavy atom. The van der Waals surface area contributed by atoms with E-state index in [1.807, 2.05) is 6.07 Å². The summed E-state index contributed by atoms with van der Waals surface area (Å²) in [6.45, 7) is 5.13. The zero-order valence-corrected chi connectivity index (χ0v) is 19.5. The summed E-state index contributed by atoms with van der Waals surface area (Å²) >= 11 is 0. The molecule has 2 fully saturated rings. The third-order valence-electron chi connectivity index (χ3n) is 6.40. The van der Waals surface area contributed by atoms with Crippen molar-refractivity contribution in [3.8, 4) is 0 Å². The van der Waals surface area contributed by atoms with Crippen LogP contribution in [0.15, 0.2) is 40.2 Å². The summed E-state index contributed by atoms with van der Waals surface area (Å²) < 4.78 is 28.5. The van der Waals surface area contributed by atoms with Crippen molar-refractivity contribution in [2.45, 2.75) is 50.0 Å². The number of hydrogen-bond donors (Lipinski definition) is 3. The van der Waals surface area contributed by atoms with E-state index in [1.54, 1.807) is 35.6 Å². The largest absolute Gasteiger partial charge is 0.481 e. The van der Waals surface area contributed by atoms with Crippen LogP contribution < -0.4 is 5.56 Å². The van der Waals surface area contributed by atoms with Gasteiger partial charge < -0.3 is 20.0 Å². The highest BCUT2D eigenvalue weighted by Gasteiger charge is 2.36. The van der Waals surface area contributed by atoms with E-state index in [-0.39, 0.29) is 18.0 Å². The van der Waals surface area contributed by atoms with Gasteiger partial charge in [0.2, 0.25) is 10.0 Å². The Morgan fingerprint density at radius 1 is 1.12 bits per heavy atom. The summed E-state index contributed by atoms with van der Waals surface area (Å²) in [7, 11) is -3.58. The summed E-state index contributed by atoms with van der Waals surface area (Å²) in [4.78, 5) is 29.9. The molecule has 2 aliphatic heterocycles. The van der Waals surface area contributed by atoms with Crippen molar-refractivity contribution in [3.63, 3.8) is 0 Å². The van der Waals surface area contributed by atoms with Crippen LogP contribution in [-0.2, 0) is 14.8 Å². The second-order valence-electron chi connectivity index (χ2n) is 8.59. The van der Waals surface area contributed by atoms with Crippen molar-refractivity contribution in [2.24, 2.45) is 0 Å². The molecule has 0 spiro atoms. The molecule has 0 unspecified atom stereocenters. The van der Waals surface area contributed by atoms with Gasteiger partial charge in [-0.3, -0.25) is 9.59 Å². The molecule has 2 saturated heterocycles. The van der Waals surface area contributed by atoms with Gasteiger partial charge in [0.25, 0.3) is 5.56 Å². The van der Waals surface area contributed by atoms with Gasteiger partial charge in [-0.2, -0.15) is 4.31 Å². The standard InChI is InChI=1S/C20H24N4O3S.C3H6O2/c25-20-19-16(7-8-21-19)17-12-15(5-6-18(17)22-20)28(26,27)24-11-3-4-14(24)13-23-9-1-2-10-23;1-2-3(4)5/h5-8,12,14,21H,1-4,9-11,13H2,(H,22,25);2H2,1H3,(H,4,5)/t14-;/m0./s1. The molecule has 10 heteroatoms. The first kappa shape index (κ1) is 23.5. The number of aromatic amines is 2. The van der Waals surface area contributed by atoms with Crippen LogP contribution in [0.4, 0.5) is 0 Å². The van der Waals surface area contributed by atoms with E-state index in [0.29, 0.717) is 22.5 Å². The summed E-state index contributed by atoms with van der Waals surface area (Å²) in [5.74, 6) is -0.745. The predicted molar refractivity (Wildman–Crippen MR) is 127 cm³/mol. The van der Waals surface area contributed by atoms with Gasteiger partial charge in [-0.1, -0.05) is 6.92 Å². The number of likely N-dealkylation sites (tertiary alicyclic amines) is 1. The fourth-order valence-electron chi connectivity index (χ4n) is 4.69. The number of pyridine rings is 1. The molecule has 2 aromatic heterocycles. The third kappa shape index (κ3) is 4.83. The van der Waals surface area contributed by atoms with Gasteiger partial charge in [-0.25, -0.2) is 8.42 Å². The topological polar surface area (TPSA) is 127 Å². The van der Waals surface area contributed by atoms with E-state index in [1.165, 1.54) is 12.8 Å². The Kier molecular flexibility index (Phi) is 6.87. The highest BCUT2D eigenvalue weighted by atomic mass is 32.2. The molecular weight excluding hydrogens is 444 g/mol. The Hall–Kier alpha value is -2.69. The molecule has 0 saturated carbocycles. The molecule has 1 atom stereocenters. The first-order chi connectivity index (χ1) is 15.8. The molecular formula is C23H30N4O5S. The van der Waals surface area contributed by atoms with E-state index in [0.717, 1.165) is 43.2 Å².